The molecule has 0 aliphatic heterocycles. The lowest BCUT2D eigenvalue weighted by atomic mass is 10.0. The third-order valence-corrected chi connectivity index (χ3v) is 3.50. The highest BCUT2D eigenvalue weighted by atomic mass is 16.2. The molecule has 0 radical (unpaired) electrons. The molecule has 3 heteroatoms. The summed E-state index contributed by atoms with van der Waals surface area (Å²) in [5, 5.41) is 6.50. The Balaban J connectivity index is 3.93. The van der Waals surface area contributed by atoms with Crippen LogP contribution in [-0.4, -0.2) is 24.5 Å². The maximum Gasteiger partial charge on any atom is 0.236 e. The van der Waals surface area contributed by atoms with E-state index in [1.807, 2.05) is 6.92 Å². The van der Waals surface area contributed by atoms with Crippen molar-refractivity contribution in [3.63, 3.8) is 0 Å². The average Bonchev–Trinajstić information content (AvgIpc) is 2.40. The van der Waals surface area contributed by atoms with E-state index < -0.39 is 0 Å². The van der Waals surface area contributed by atoms with Crippen LogP contribution >= 0.6 is 0 Å². The Morgan fingerprint density at radius 2 is 1.63 bits per heavy atom. The van der Waals surface area contributed by atoms with Crippen molar-refractivity contribution in [3.05, 3.63) is 0 Å². The number of carbonyl (C=O) groups excluding carboxylic acids is 1. The number of unbranched alkanes of at least 4 members (excludes halogenated alkanes) is 3. The van der Waals surface area contributed by atoms with Gasteiger partial charge in [-0.3, -0.25) is 4.79 Å². The van der Waals surface area contributed by atoms with E-state index in [4.69, 9.17) is 0 Å². The highest BCUT2D eigenvalue weighted by Crippen LogP contribution is 2.07. The van der Waals surface area contributed by atoms with Crippen molar-refractivity contribution in [2.75, 3.05) is 6.54 Å². The fourth-order valence-electron chi connectivity index (χ4n) is 2.28. The largest absolute Gasteiger partial charge is 0.355 e. The highest BCUT2D eigenvalue weighted by Gasteiger charge is 2.16. The van der Waals surface area contributed by atoms with Gasteiger partial charge in [-0.25, -0.2) is 0 Å². The molecule has 0 rings (SSSR count). The second-order valence-corrected chi connectivity index (χ2v) is 5.51. The topological polar surface area (TPSA) is 41.1 Å². The molecule has 2 atom stereocenters. The van der Waals surface area contributed by atoms with Crippen LogP contribution in [0.1, 0.15) is 79.1 Å². The van der Waals surface area contributed by atoms with E-state index in [2.05, 4.69) is 31.4 Å². The molecule has 3 nitrogen and oxygen atoms in total. The summed E-state index contributed by atoms with van der Waals surface area (Å²) in [5.74, 6) is 0.147. The predicted octanol–water partition coefficient (Wildman–Crippen LogP) is 3.63. The van der Waals surface area contributed by atoms with Crippen LogP contribution in [0.5, 0.6) is 0 Å². The summed E-state index contributed by atoms with van der Waals surface area (Å²) in [7, 11) is 0. The van der Waals surface area contributed by atoms with Gasteiger partial charge in [-0.1, -0.05) is 52.9 Å². The molecule has 2 unspecified atom stereocenters. The summed E-state index contributed by atoms with van der Waals surface area (Å²) in [5.41, 5.74) is 0. The van der Waals surface area contributed by atoms with Crippen LogP contribution in [0.25, 0.3) is 0 Å². The SMILES string of the molecule is CCCCCNC(=O)C(C)NC(CCC)CCCC. The summed E-state index contributed by atoms with van der Waals surface area (Å²) >= 11 is 0. The van der Waals surface area contributed by atoms with Gasteiger partial charge in [0, 0.05) is 12.6 Å². The zero-order valence-electron chi connectivity index (χ0n) is 13.4. The molecule has 0 bridgehead atoms. The third kappa shape index (κ3) is 9.94. The van der Waals surface area contributed by atoms with Crippen molar-refractivity contribution in [3.8, 4) is 0 Å². The Kier molecular flexibility index (Phi) is 12.1. The van der Waals surface area contributed by atoms with Gasteiger partial charge in [0.2, 0.25) is 5.91 Å². The van der Waals surface area contributed by atoms with Crippen molar-refractivity contribution in [1.82, 2.24) is 10.6 Å². The van der Waals surface area contributed by atoms with Crippen LogP contribution in [0.2, 0.25) is 0 Å². The Hall–Kier alpha value is -0.570. The summed E-state index contributed by atoms with van der Waals surface area (Å²) < 4.78 is 0. The van der Waals surface area contributed by atoms with Crippen LogP contribution in [0.4, 0.5) is 0 Å². The van der Waals surface area contributed by atoms with Gasteiger partial charge in [0.25, 0.3) is 0 Å². The van der Waals surface area contributed by atoms with Gasteiger partial charge >= 0.3 is 0 Å². The molecule has 2 N–H and O–H groups in total. The first kappa shape index (κ1) is 18.4. The minimum atomic E-state index is -0.0740. The quantitative estimate of drug-likeness (QED) is 0.532. The smallest absolute Gasteiger partial charge is 0.236 e. The van der Waals surface area contributed by atoms with E-state index in [1.54, 1.807) is 0 Å². The van der Waals surface area contributed by atoms with E-state index in [9.17, 15) is 4.79 Å². The third-order valence-electron chi connectivity index (χ3n) is 3.50. The Labute approximate surface area is 119 Å². The molecule has 0 saturated carbocycles. The lowest BCUT2D eigenvalue weighted by Crippen LogP contribution is -2.46. The maximum atomic E-state index is 11.9. The second-order valence-electron chi connectivity index (χ2n) is 5.51. The van der Waals surface area contributed by atoms with Crippen LogP contribution in [-0.2, 0) is 4.79 Å². The first-order chi connectivity index (χ1) is 9.15. The van der Waals surface area contributed by atoms with Gasteiger partial charge in [0.05, 0.1) is 6.04 Å². The zero-order valence-corrected chi connectivity index (χ0v) is 13.4. The molecule has 0 spiro atoms. The number of nitrogens with one attached hydrogen (secondary N) is 2. The standard InChI is InChI=1S/C16H34N2O/c1-5-8-10-13-17-16(19)14(4)18-15(11-7-3)12-9-6-2/h14-15,18H,5-13H2,1-4H3,(H,17,19). The summed E-state index contributed by atoms with van der Waals surface area (Å²) in [6.07, 6.45) is 9.44. The summed E-state index contributed by atoms with van der Waals surface area (Å²) in [6, 6.07) is 0.413. The van der Waals surface area contributed by atoms with Crippen molar-refractivity contribution >= 4 is 5.91 Å². The van der Waals surface area contributed by atoms with Gasteiger partial charge in [0.1, 0.15) is 0 Å². The van der Waals surface area contributed by atoms with Crippen molar-refractivity contribution in [2.45, 2.75) is 91.1 Å². The molecule has 0 aliphatic rings. The Morgan fingerprint density at radius 3 is 2.21 bits per heavy atom. The number of rotatable bonds is 12. The molecule has 0 aromatic heterocycles. The van der Waals surface area contributed by atoms with Crippen LogP contribution in [0, 0.1) is 0 Å². The van der Waals surface area contributed by atoms with Crippen LogP contribution in [0.15, 0.2) is 0 Å². The van der Waals surface area contributed by atoms with Crippen LogP contribution in [0.3, 0.4) is 0 Å². The second kappa shape index (κ2) is 12.5. The van der Waals surface area contributed by atoms with E-state index in [0.29, 0.717) is 6.04 Å². The van der Waals surface area contributed by atoms with Crippen molar-refractivity contribution < 1.29 is 4.79 Å². The van der Waals surface area contributed by atoms with E-state index in [0.717, 1.165) is 19.4 Å². The monoisotopic (exact) mass is 270 g/mol. The van der Waals surface area contributed by atoms with E-state index >= 15 is 0 Å². The molecule has 0 aromatic rings. The van der Waals surface area contributed by atoms with Crippen molar-refractivity contribution in [2.24, 2.45) is 0 Å². The fraction of sp³-hybridized carbons (Fsp3) is 0.938. The lowest BCUT2D eigenvalue weighted by Gasteiger charge is -2.22. The number of carbonyl (C=O) groups is 1. The Bertz CT molecular complexity index is 219. The predicted molar refractivity (Wildman–Crippen MR) is 83.4 cm³/mol. The molecule has 1 amide bonds. The first-order valence-electron chi connectivity index (χ1n) is 8.19. The molecule has 0 saturated heterocycles. The van der Waals surface area contributed by atoms with E-state index in [1.165, 1.54) is 38.5 Å². The number of hydrogen-bond acceptors (Lipinski definition) is 2. The van der Waals surface area contributed by atoms with Crippen molar-refractivity contribution in [1.29, 1.82) is 0 Å². The van der Waals surface area contributed by atoms with E-state index in [-0.39, 0.29) is 11.9 Å². The van der Waals surface area contributed by atoms with Crippen LogP contribution < -0.4 is 10.6 Å². The minimum absolute atomic E-state index is 0.0740. The fourth-order valence-corrected chi connectivity index (χ4v) is 2.28. The van der Waals surface area contributed by atoms with Gasteiger partial charge < -0.3 is 10.6 Å². The molecule has 0 heterocycles. The first-order valence-corrected chi connectivity index (χ1v) is 8.19. The van der Waals surface area contributed by atoms with Gasteiger partial charge in [-0.2, -0.15) is 0 Å². The number of amides is 1. The normalized spacial score (nSPS) is 14.1. The summed E-state index contributed by atoms with van der Waals surface area (Å²) in [6.45, 7) is 9.38. The van der Waals surface area contributed by atoms with Gasteiger partial charge in [0.15, 0.2) is 0 Å². The molecule has 0 fully saturated rings. The number of hydrogen-bond donors (Lipinski definition) is 2. The highest BCUT2D eigenvalue weighted by molar-refractivity contribution is 5.81. The summed E-state index contributed by atoms with van der Waals surface area (Å²) in [4.78, 5) is 11.9. The average molecular weight is 270 g/mol. The molecular weight excluding hydrogens is 236 g/mol. The molecule has 0 aliphatic carbocycles. The van der Waals surface area contributed by atoms with Gasteiger partial charge in [-0.15, -0.1) is 0 Å². The molecule has 0 aromatic carbocycles. The van der Waals surface area contributed by atoms with Gasteiger partial charge in [-0.05, 0) is 26.2 Å². The molecule has 114 valence electrons. The molecular formula is C16H34N2O. The minimum Gasteiger partial charge on any atom is -0.355 e. The lowest BCUT2D eigenvalue weighted by molar-refractivity contribution is -0.123. The zero-order chi connectivity index (χ0) is 14.5. The molecule has 19 heavy (non-hydrogen) atoms. The Morgan fingerprint density at radius 1 is 0.947 bits per heavy atom. The maximum absolute atomic E-state index is 11.9.